The van der Waals surface area contributed by atoms with E-state index in [1.807, 2.05) is 80.6 Å². The van der Waals surface area contributed by atoms with Crippen LogP contribution in [0.15, 0.2) is 24.5 Å². The molecule has 2 aromatic rings. The standard InChI is InChI=1S/C35H53N3O5/c1-24(2)42-32(39)31(43-34(7,8)9)29-25(3)36-23-27(30(29)38-18-16-35(17-19-38)14-10-11-15-35)28-13-12-26(22-37-28)40-20-21-41-33(4,5)6/h12-13,22-24,31H,10-11,14-21H2,1-9H3/t31-/m0/s1. The van der Waals surface area contributed by atoms with E-state index in [2.05, 4.69) is 4.90 Å². The van der Waals surface area contributed by atoms with Crippen LogP contribution in [0.25, 0.3) is 11.3 Å². The van der Waals surface area contributed by atoms with Gasteiger partial charge in [0.25, 0.3) is 0 Å². The second-order valence-corrected chi connectivity index (χ2v) is 14.5. The first-order valence-electron chi connectivity index (χ1n) is 16.0. The summed E-state index contributed by atoms with van der Waals surface area (Å²) in [6.45, 7) is 20.4. The maximum Gasteiger partial charge on any atom is 0.340 e. The zero-order chi connectivity index (χ0) is 31.4. The molecule has 1 aliphatic heterocycles. The number of ether oxygens (including phenoxy) is 4. The van der Waals surface area contributed by atoms with Crippen molar-refractivity contribution in [1.82, 2.24) is 9.97 Å². The third kappa shape index (κ3) is 8.91. The third-order valence-electron chi connectivity index (χ3n) is 8.29. The lowest BCUT2D eigenvalue weighted by atomic mass is 9.76. The maximum absolute atomic E-state index is 13.7. The van der Waals surface area contributed by atoms with Gasteiger partial charge in [-0.05, 0) is 106 Å². The molecule has 8 heteroatoms. The molecular formula is C35H53N3O5. The number of aryl methyl sites for hydroxylation is 1. The first-order chi connectivity index (χ1) is 20.2. The second-order valence-electron chi connectivity index (χ2n) is 14.5. The Balaban J connectivity index is 1.73. The Kier molecular flexibility index (Phi) is 10.4. The Labute approximate surface area is 258 Å². The number of aromatic nitrogens is 2. The summed E-state index contributed by atoms with van der Waals surface area (Å²) in [7, 11) is 0. The number of carbonyl (C=O) groups is 1. The average molecular weight is 596 g/mol. The second kappa shape index (κ2) is 13.5. The lowest BCUT2D eigenvalue weighted by Crippen LogP contribution is -2.40. The molecule has 1 saturated heterocycles. The molecule has 1 atom stereocenters. The molecule has 8 nitrogen and oxygen atoms in total. The summed E-state index contributed by atoms with van der Waals surface area (Å²) in [4.78, 5) is 25.7. The minimum atomic E-state index is -0.919. The highest BCUT2D eigenvalue weighted by molar-refractivity contribution is 5.86. The molecule has 0 N–H and O–H groups in total. The van der Waals surface area contributed by atoms with E-state index < -0.39 is 17.7 Å². The number of rotatable bonds is 10. The molecule has 0 radical (unpaired) electrons. The van der Waals surface area contributed by atoms with Gasteiger partial charge in [-0.25, -0.2) is 4.79 Å². The van der Waals surface area contributed by atoms with Gasteiger partial charge in [0, 0.05) is 36.1 Å². The van der Waals surface area contributed by atoms with E-state index in [4.69, 9.17) is 28.9 Å². The van der Waals surface area contributed by atoms with Gasteiger partial charge in [0.1, 0.15) is 12.4 Å². The maximum atomic E-state index is 13.7. The smallest absolute Gasteiger partial charge is 0.340 e. The van der Waals surface area contributed by atoms with Crippen molar-refractivity contribution in [2.75, 3.05) is 31.2 Å². The van der Waals surface area contributed by atoms with E-state index >= 15 is 0 Å². The highest BCUT2D eigenvalue weighted by atomic mass is 16.6. The van der Waals surface area contributed by atoms with Crippen LogP contribution in [-0.4, -0.2) is 59.5 Å². The minimum absolute atomic E-state index is 0.208. The molecule has 0 amide bonds. The molecule has 1 saturated carbocycles. The Bertz CT molecular complexity index is 1210. The zero-order valence-electron chi connectivity index (χ0n) is 27.9. The molecule has 0 aromatic carbocycles. The van der Waals surface area contributed by atoms with Crippen LogP contribution >= 0.6 is 0 Å². The summed E-state index contributed by atoms with van der Waals surface area (Å²) < 4.78 is 23.9. The molecule has 2 aromatic heterocycles. The summed E-state index contributed by atoms with van der Waals surface area (Å²) in [6, 6.07) is 3.90. The first kappa shape index (κ1) is 33.2. The molecular weight excluding hydrogens is 542 g/mol. The molecule has 43 heavy (non-hydrogen) atoms. The average Bonchev–Trinajstić information content (AvgIpc) is 3.37. The van der Waals surface area contributed by atoms with E-state index in [-0.39, 0.29) is 11.7 Å². The van der Waals surface area contributed by atoms with Crippen LogP contribution in [0.5, 0.6) is 5.75 Å². The first-order valence-corrected chi connectivity index (χ1v) is 16.0. The van der Waals surface area contributed by atoms with Crippen LogP contribution < -0.4 is 9.64 Å². The van der Waals surface area contributed by atoms with Crippen molar-refractivity contribution in [2.24, 2.45) is 5.41 Å². The SMILES string of the molecule is Cc1ncc(-c2ccc(OCCOC(C)(C)C)cn2)c(N2CCC3(CCCC3)CC2)c1[C@H](OC(C)(C)C)C(=O)OC(C)C. The molecule has 1 spiro atoms. The van der Waals surface area contributed by atoms with Gasteiger partial charge in [-0.3, -0.25) is 9.97 Å². The van der Waals surface area contributed by atoms with Crippen LogP contribution in [-0.2, 0) is 19.0 Å². The number of carbonyl (C=O) groups excluding carboxylic acids is 1. The van der Waals surface area contributed by atoms with Gasteiger partial charge in [-0.15, -0.1) is 0 Å². The Morgan fingerprint density at radius 1 is 0.930 bits per heavy atom. The van der Waals surface area contributed by atoms with Gasteiger partial charge in [-0.1, -0.05) is 12.8 Å². The molecule has 0 unspecified atom stereocenters. The summed E-state index contributed by atoms with van der Waals surface area (Å²) in [5.41, 5.74) is 3.81. The highest BCUT2D eigenvalue weighted by Gasteiger charge is 2.40. The Morgan fingerprint density at radius 2 is 1.60 bits per heavy atom. The molecule has 238 valence electrons. The number of esters is 1. The van der Waals surface area contributed by atoms with Crippen LogP contribution in [0.2, 0.25) is 0 Å². The molecule has 2 fully saturated rings. The van der Waals surface area contributed by atoms with E-state index in [9.17, 15) is 4.79 Å². The molecule has 0 bridgehead atoms. The molecule has 1 aliphatic carbocycles. The fourth-order valence-corrected chi connectivity index (χ4v) is 6.29. The number of piperidine rings is 1. The molecule has 4 rings (SSSR count). The van der Waals surface area contributed by atoms with E-state index in [0.29, 0.717) is 24.4 Å². The van der Waals surface area contributed by atoms with Gasteiger partial charge in [-0.2, -0.15) is 0 Å². The van der Waals surface area contributed by atoms with Crippen LogP contribution in [0.4, 0.5) is 5.69 Å². The van der Waals surface area contributed by atoms with Gasteiger partial charge in [0.05, 0.1) is 41.5 Å². The quantitative estimate of drug-likeness (QED) is 0.205. The van der Waals surface area contributed by atoms with Crippen LogP contribution in [0.1, 0.15) is 111 Å². The van der Waals surface area contributed by atoms with Crippen LogP contribution in [0, 0.1) is 12.3 Å². The molecule has 3 heterocycles. The lowest BCUT2D eigenvalue weighted by Gasteiger charge is -2.42. The fourth-order valence-electron chi connectivity index (χ4n) is 6.29. The van der Waals surface area contributed by atoms with E-state index in [1.165, 1.54) is 25.7 Å². The van der Waals surface area contributed by atoms with Gasteiger partial charge >= 0.3 is 5.97 Å². The predicted octanol–water partition coefficient (Wildman–Crippen LogP) is 7.61. The van der Waals surface area contributed by atoms with Crippen molar-refractivity contribution in [2.45, 2.75) is 124 Å². The monoisotopic (exact) mass is 595 g/mol. The van der Waals surface area contributed by atoms with Gasteiger partial charge in [0.15, 0.2) is 6.10 Å². The van der Waals surface area contributed by atoms with Gasteiger partial charge in [0.2, 0.25) is 0 Å². The van der Waals surface area contributed by atoms with Crippen LogP contribution in [0.3, 0.4) is 0 Å². The Hall–Kier alpha value is -2.71. The summed E-state index contributed by atoms with van der Waals surface area (Å²) in [5, 5.41) is 0. The topological polar surface area (TPSA) is 83.0 Å². The lowest BCUT2D eigenvalue weighted by molar-refractivity contribution is -0.171. The van der Waals surface area contributed by atoms with Crippen molar-refractivity contribution in [3.8, 4) is 17.0 Å². The van der Waals surface area contributed by atoms with Crippen molar-refractivity contribution in [3.63, 3.8) is 0 Å². The number of hydrogen-bond acceptors (Lipinski definition) is 8. The number of anilines is 1. The third-order valence-corrected chi connectivity index (χ3v) is 8.29. The van der Waals surface area contributed by atoms with Gasteiger partial charge < -0.3 is 23.8 Å². The number of nitrogens with zero attached hydrogens (tertiary/aromatic N) is 3. The predicted molar refractivity (Wildman–Crippen MR) is 171 cm³/mol. The van der Waals surface area contributed by atoms with Crippen molar-refractivity contribution >= 4 is 11.7 Å². The van der Waals surface area contributed by atoms with E-state index in [0.717, 1.165) is 54.1 Å². The summed E-state index contributed by atoms with van der Waals surface area (Å²) in [6.07, 6.45) is 10.0. The zero-order valence-corrected chi connectivity index (χ0v) is 27.9. The summed E-state index contributed by atoms with van der Waals surface area (Å²) in [5.74, 6) is 0.283. The largest absolute Gasteiger partial charge is 0.490 e. The number of hydrogen-bond donors (Lipinski definition) is 0. The van der Waals surface area contributed by atoms with Crippen molar-refractivity contribution in [1.29, 1.82) is 0 Å². The summed E-state index contributed by atoms with van der Waals surface area (Å²) >= 11 is 0. The minimum Gasteiger partial charge on any atom is -0.490 e. The number of pyridine rings is 2. The Morgan fingerprint density at radius 3 is 2.16 bits per heavy atom. The van der Waals surface area contributed by atoms with Crippen molar-refractivity contribution in [3.05, 3.63) is 35.8 Å². The van der Waals surface area contributed by atoms with Crippen molar-refractivity contribution < 1.29 is 23.7 Å². The normalized spacial score (nSPS) is 17.9. The van der Waals surface area contributed by atoms with E-state index in [1.54, 1.807) is 6.20 Å². The molecule has 2 aliphatic rings. The highest BCUT2D eigenvalue weighted by Crippen LogP contribution is 2.49. The fraction of sp³-hybridized carbons (Fsp3) is 0.686.